The fourth-order valence-corrected chi connectivity index (χ4v) is 1.81. The molecule has 0 saturated heterocycles. The molecule has 0 spiro atoms. The Morgan fingerprint density at radius 3 is 2.80 bits per heavy atom. The second-order valence-corrected chi connectivity index (χ2v) is 3.45. The summed E-state index contributed by atoms with van der Waals surface area (Å²) in [5, 5.41) is 0. The molecule has 0 fully saturated rings. The molecule has 1 heterocycles. The minimum absolute atomic E-state index is 1.12. The fraction of sp³-hybridized carbons (Fsp3) is 0. The second-order valence-electron chi connectivity index (χ2n) is 3.45. The van der Waals surface area contributed by atoms with Crippen molar-refractivity contribution in [2.45, 2.75) is 0 Å². The van der Waals surface area contributed by atoms with E-state index in [1.165, 1.54) is 11.1 Å². The van der Waals surface area contributed by atoms with Crippen LogP contribution < -0.4 is 0 Å². The molecule has 1 aliphatic carbocycles. The van der Waals surface area contributed by atoms with Crippen LogP contribution in [0, 0.1) is 6.07 Å². The summed E-state index contributed by atoms with van der Waals surface area (Å²) in [6.45, 7) is 0. The van der Waals surface area contributed by atoms with Crippen molar-refractivity contribution in [1.29, 1.82) is 0 Å². The summed E-state index contributed by atoms with van der Waals surface area (Å²) < 4.78 is 5.13. The van der Waals surface area contributed by atoms with Gasteiger partial charge in [-0.15, -0.1) is 0 Å². The van der Waals surface area contributed by atoms with Gasteiger partial charge in [0.2, 0.25) is 0 Å². The number of hydrogen-bond donors (Lipinski definition) is 0. The van der Waals surface area contributed by atoms with Crippen molar-refractivity contribution in [1.82, 2.24) is 0 Å². The van der Waals surface area contributed by atoms with Crippen molar-refractivity contribution >= 4 is 0 Å². The van der Waals surface area contributed by atoms with Crippen LogP contribution in [0.15, 0.2) is 59.4 Å². The minimum Gasteiger partial charge on any atom is -0.472 e. The quantitative estimate of drug-likeness (QED) is 0.572. The molecule has 15 heavy (non-hydrogen) atoms. The highest BCUT2D eigenvalue weighted by Crippen LogP contribution is 2.34. The minimum atomic E-state index is 1.12. The molecule has 1 aromatic rings. The van der Waals surface area contributed by atoms with Gasteiger partial charge in [-0.25, -0.2) is 0 Å². The van der Waals surface area contributed by atoms with Crippen molar-refractivity contribution in [2.75, 3.05) is 0 Å². The van der Waals surface area contributed by atoms with E-state index in [0.717, 1.165) is 11.1 Å². The second kappa shape index (κ2) is 3.28. The summed E-state index contributed by atoms with van der Waals surface area (Å²) in [7, 11) is 0. The molecule has 71 valence electrons. The monoisotopic (exact) mass is 193 g/mol. The zero-order chi connectivity index (χ0) is 10.1. The van der Waals surface area contributed by atoms with Crippen molar-refractivity contribution in [3.8, 4) is 22.3 Å². The van der Waals surface area contributed by atoms with Gasteiger partial charge in [0.15, 0.2) is 0 Å². The molecule has 1 aromatic carbocycles. The average Bonchev–Trinajstić information content (AvgIpc) is 2.74. The predicted molar refractivity (Wildman–Crippen MR) is 59.6 cm³/mol. The van der Waals surface area contributed by atoms with Gasteiger partial charge in [-0.2, -0.15) is 0 Å². The van der Waals surface area contributed by atoms with E-state index < -0.39 is 0 Å². The zero-order valence-corrected chi connectivity index (χ0v) is 8.10. The van der Waals surface area contributed by atoms with Crippen molar-refractivity contribution in [3.63, 3.8) is 0 Å². The van der Waals surface area contributed by atoms with E-state index in [2.05, 4.69) is 24.3 Å². The van der Waals surface area contributed by atoms with E-state index in [1.807, 2.05) is 24.3 Å². The molecule has 2 aliphatic rings. The molecule has 0 unspecified atom stereocenters. The van der Waals surface area contributed by atoms with Gasteiger partial charge in [-0.1, -0.05) is 36.4 Å². The van der Waals surface area contributed by atoms with Crippen LogP contribution in [0.4, 0.5) is 0 Å². The highest BCUT2D eigenvalue weighted by Gasteiger charge is 2.10. The first-order valence-electron chi connectivity index (χ1n) is 4.87. The number of benzene rings is 1. The summed E-state index contributed by atoms with van der Waals surface area (Å²) in [5.74, 6) is 0. The molecule has 0 bridgehead atoms. The third-order valence-corrected chi connectivity index (χ3v) is 2.54. The highest BCUT2D eigenvalue weighted by molar-refractivity contribution is 5.85. The maximum Gasteiger partial charge on any atom is 0.0980 e. The Morgan fingerprint density at radius 2 is 1.93 bits per heavy atom. The first kappa shape index (κ1) is 8.30. The third-order valence-electron chi connectivity index (χ3n) is 2.54. The summed E-state index contributed by atoms with van der Waals surface area (Å²) in [5.41, 5.74) is 4.67. The Bertz CT molecular complexity index is 536. The van der Waals surface area contributed by atoms with E-state index in [0.29, 0.717) is 0 Å². The number of rotatable bonds is 1. The van der Waals surface area contributed by atoms with Crippen LogP contribution in [0.5, 0.6) is 0 Å². The van der Waals surface area contributed by atoms with Gasteiger partial charge in [0, 0.05) is 5.56 Å². The summed E-state index contributed by atoms with van der Waals surface area (Å²) >= 11 is 0. The third kappa shape index (κ3) is 1.33. The van der Waals surface area contributed by atoms with Gasteiger partial charge in [0.25, 0.3) is 0 Å². The SMILES string of the molecule is [c]1ccccc1-c1ccc2coccc1-2. The lowest BCUT2D eigenvalue weighted by molar-refractivity contribution is 0.552. The summed E-state index contributed by atoms with van der Waals surface area (Å²) in [4.78, 5) is 0. The van der Waals surface area contributed by atoms with Gasteiger partial charge < -0.3 is 4.42 Å². The first-order valence-corrected chi connectivity index (χ1v) is 4.87. The average molecular weight is 193 g/mol. The van der Waals surface area contributed by atoms with Crippen LogP contribution in [-0.2, 0) is 0 Å². The van der Waals surface area contributed by atoms with Gasteiger partial charge in [0.05, 0.1) is 12.5 Å². The molecular formula is C14H9O. The molecule has 1 heteroatoms. The molecular weight excluding hydrogens is 184 g/mol. The van der Waals surface area contributed by atoms with E-state index in [4.69, 9.17) is 4.42 Å². The summed E-state index contributed by atoms with van der Waals surface area (Å²) in [6.07, 6.45) is 3.47. The maximum atomic E-state index is 5.13. The van der Waals surface area contributed by atoms with Crippen LogP contribution in [0.3, 0.4) is 0 Å². The molecule has 1 aliphatic heterocycles. The van der Waals surface area contributed by atoms with Crippen LogP contribution in [0.2, 0.25) is 0 Å². The molecule has 1 nitrogen and oxygen atoms in total. The van der Waals surface area contributed by atoms with Crippen LogP contribution in [0.1, 0.15) is 0 Å². The molecule has 0 amide bonds. The van der Waals surface area contributed by atoms with E-state index in [-0.39, 0.29) is 0 Å². The van der Waals surface area contributed by atoms with E-state index in [1.54, 1.807) is 12.5 Å². The van der Waals surface area contributed by atoms with Gasteiger partial charge >= 0.3 is 0 Å². The smallest absolute Gasteiger partial charge is 0.0980 e. The lowest BCUT2D eigenvalue weighted by atomic mass is 10.0. The zero-order valence-electron chi connectivity index (χ0n) is 8.10. The first-order chi connectivity index (χ1) is 7.45. The Morgan fingerprint density at radius 1 is 0.933 bits per heavy atom. The van der Waals surface area contributed by atoms with Crippen LogP contribution in [0.25, 0.3) is 22.3 Å². The topological polar surface area (TPSA) is 13.1 Å². The Hall–Kier alpha value is -2.02. The lowest BCUT2D eigenvalue weighted by Gasteiger charge is -2.02. The van der Waals surface area contributed by atoms with Crippen LogP contribution >= 0.6 is 0 Å². The highest BCUT2D eigenvalue weighted by atomic mass is 16.3. The lowest BCUT2D eigenvalue weighted by Crippen LogP contribution is -1.77. The largest absolute Gasteiger partial charge is 0.472 e. The van der Waals surface area contributed by atoms with Crippen molar-refractivity contribution in [3.05, 3.63) is 61.1 Å². The molecule has 0 N–H and O–H groups in total. The molecule has 1 radical (unpaired) electrons. The van der Waals surface area contributed by atoms with Gasteiger partial charge in [-0.05, 0) is 28.8 Å². The number of fused-ring (bicyclic) bond motifs is 1. The van der Waals surface area contributed by atoms with Crippen molar-refractivity contribution < 1.29 is 4.42 Å². The molecule has 0 saturated carbocycles. The standard InChI is InChI=1S/C14H9O/c1-2-4-11(5-3-1)13-7-6-12-10-15-9-8-14(12)13/h1-4,6-10H. The van der Waals surface area contributed by atoms with Gasteiger partial charge in [-0.3, -0.25) is 0 Å². The van der Waals surface area contributed by atoms with E-state index >= 15 is 0 Å². The van der Waals surface area contributed by atoms with E-state index in [9.17, 15) is 0 Å². The Kier molecular flexibility index (Phi) is 1.82. The molecule has 0 atom stereocenters. The number of hydrogen-bond acceptors (Lipinski definition) is 1. The van der Waals surface area contributed by atoms with Gasteiger partial charge in [0.1, 0.15) is 0 Å². The van der Waals surface area contributed by atoms with Crippen LogP contribution in [-0.4, -0.2) is 0 Å². The molecule has 0 aromatic heterocycles. The maximum absolute atomic E-state index is 5.13. The Balaban J connectivity index is 2.22. The van der Waals surface area contributed by atoms with Crippen molar-refractivity contribution in [2.24, 2.45) is 0 Å². The predicted octanol–water partition coefficient (Wildman–Crippen LogP) is 3.85. The molecule has 3 rings (SSSR count). The Labute approximate surface area is 88.3 Å². The normalized spacial score (nSPS) is 10.7. The fourth-order valence-electron chi connectivity index (χ4n) is 1.81. The summed E-state index contributed by atoms with van der Waals surface area (Å²) in [6, 6.07) is 17.4.